The highest BCUT2D eigenvalue weighted by molar-refractivity contribution is 7.89. The zero-order valence-corrected chi connectivity index (χ0v) is 18.3. The highest BCUT2D eigenvalue weighted by Gasteiger charge is 2.34. The zero-order chi connectivity index (χ0) is 21.6. The van der Waals surface area contributed by atoms with Crippen molar-refractivity contribution in [3.05, 3.63) is 86.8 Å². The van der Waals surface area contributed by atoms with E-state index in [1.165, 1.54) is 4.31 Å². The number of sulfonamides is 1. The zero-order valence-electron chi connectivity index (χ0n) is 17.5. The van der Waals surface area contributed by atoms with Crippen molar-refractivity contribution in [2.45, 2.75) is 38.8 Å². The number of hydrogen-bond acceptors (Lipinski definition) is 4. The minimum atomic E-state index is -3.66. The van der Waals surface area contributed by atoms with Gasteiger partial charge in [-0.15, -0.1) is 0 Å². The van der Waals surface area contributed by atoms with Crippen LogP contribution in [0, 0.1) is 20.8 Å². The molecule has 0 atom stereocenters. The average Bonchev–Trinajstić information content (AvgIpc) is 3.20. The molecule has 0 saturated heterocycles. The number of fused-ring (bicyclic) bond motifs is 1. The van der Waals surface area contributed by atoms with Gasteiger partial charge in [-0.05, 0) is 56.2 Å². The van der Waals surface area contributed by atoms with Gasteiger partial charge in [0, 0.05) is 24.3 Å². The first-order valence-corrected chi connectivity index (χ1v) is 11.1. The SMILES string of the molecule is COc1ccccc1-n1c(C)c2c(c(C)c1=O)CN(S(=O)(=O)c1ccc(C)cc1)C2. The molecule has 1 aliphatic heterocycles. The molecule has 0 aliphatic carbocycles. The summed E-state index contributed by atoms with van der Waals surface area (Å²) in [6.45, 7) is 5.96. The number of para-hydroxylation sites is 2. The number of aromatic nitrogens is 1. The topological polar surface area (TPSA) is 68.6 Å². The second-order valence-corrected chi connectivity index (χ2v) is 9.50. The molecular formula is C23H24N2O4S. The largest absolute Gasteiger partial charge is 0.495 e. The third kappa shape index (κ3) is 3.14. The Hall–Kier alpha value is -2.90. The van der Waals surface area contributed by atoms with Crippen LogP contribution in [0.4, 0.5) is 0 Å². The van der Waals surface area contributed by atoms with Crippen LogP contribution in [0.5, 0.6) is 5.75 Å². The summed E-state index contributed by atoms with van der Waals surface area (Å²) in [5, 5.41) is 0. The van der Waals surface area contributed by atoms with E-state index in [9.17, 15) is 13.2 Å². The van der Waals surface area contributed by atoms with Gasteiger partial charge >= 0.3 is 0 Å². The van der Waals surface area contributed by atoms with Gasteiger partial charge in [-0.2, -0.15) is 4.31 Å². The van der Waals surface area contributed by atoms with Crippen molar-refractivity contribution >= 4 is 10.0 Å². The van der Waals surface area contributed by atoms with Crippen LogP contribution in [0.25, 0.3) is 5.69 Å². The van der Waals surface area contributed by atoms with Crippen LogP contribution in [-0.4, -0.2) is 24.4 Å². The molecule has 0 saturated carbocycles. The van der Waals surface area contributed by atoms with Crippen molar-refractivity contribution in [1.29, 1.82) is 0 Å². The number of methoxy groups -OCH3 is 1. The lowest BCUT2D eigenvalue weighted by atomic mass is 10.0. The molecule has 1 aliphatic rings. The van der Waals surface area contributed by atoms with Gasteiger partial charge in [0.15, 0.2) is 0 Å². The summed E-state index contributed by atoms with van der Waals surface area (Å²) < 4.78 is 34.9. The monoisotopic (exact) mass is 424 g/mol. The fourth-order valence-electron chi connectivity index (χ4n) is 4.00. The first-order chi connectivity index (χ1) is 14.3. The molecule has 0 amide bonds. The van der Waals surface area contributed by atoms with Crippen LogP contribution in [0.15, 0.2) is 58.2 Å². The van der Waals surface area contributed by atoms with Gasteiger partial charge in [0.25, 0.3) is 5.56 Å². The molecule has 30 heavy (non-hydrogen) atoms. The van der Waals surface area contributed by atoms with E-state index in [4.69, 9.17) is 4.74 Å². The molecule has 1 aromatic heterocycles. The van der Waals surface area contributed by atoms with Crippen LogP contribution in [0.3, 0.4) is 0 Å². The number of pyridine rings is 1. The van der Waals surface area contributed by atoms with Crippen molar-refractivity contribution in [2.24, 2.45) is 0 Å². The van der Waals surface area contributed by atoms with Crippen molar-refractivity contribution < 1.29 is 13.2 Å². The Labute approximate surface area is 176 Å². The molecule has 2 heterocycles. The number of benzene rings is 2. The second-order valence-electron chi connectivity index (χ2n) is 7.57. The van der Waals surface area contributed by atoms with Crippen molar-refractivity contribution in [1.82, 2.24) is 8.87 Å². The van der Waals surface area contributed by atoms with Gasteiger partial charge in [-0.25, -0.2) is 8.42 Å². The lowest BCUT2D eigenvalue weighted by molar-refractivity contribution is 0.412. The van der Waals surface area contributed by atoms with E-state index in [0.29, 0.717) is 17.0 Å². The summed E-state index contributed by atoms with van der Waals surface area (Å²) >= 11 is 0. The molecule has 156 valence electrons. The maximum atomic E-state index is 13.2. The minimum Gasteiger partial charge on any atom is -0.495 e. The summed E-state index contributed by atoms with van der Waals surface area (Å²) in [6.07, 6.45) is 0. The highest BCUT2D eigenvalue weighted by atomic mass is 32.2. The number of nitrogens with zero attached hydrogens (tertiary/aromatic N) is 2. The molecule has 0 spiro atoms. The van der Waals surface area contributed by atoms with Crippen LogP contribution in [0.1, 0.15) is 27.9 Å². The standard InChI is InChI=1S/C23H24N2O4S/c1-15-9-11-18(12-10-15)30(27,28)24-13-19-16(2)23(26)25(17(3)20(19)14-24)21-7-5-6-8-22(21)29-4/h5-12H,13-14H2,1-4H3. The minimum absolute atomic E-state index is 0.162. The molecular weight excluding hydrogens is 400 g/mol. The maximum Gasteiger partial charge on any atom is 0.258 e. The van der Waals surface area contributed by atoms with E-state index in [-0.39, 0.29) is 23.5 Å². The van der Waals surface area contributed by atoms with Gasteiger partial charge < -0.3 is 4.74 Å². The lowest BCUT2D eigenvalue weighted by Gasteiger charge is -2.18. The summed E-state index contributed by atoms with van der Waals surface area (Å²) in [5.41, 5.74) is 4.43. The van der Waals surface area contributed by atoms with E-state index in [1.807, 2.05) is 32.0 Å². The number of ether oxygens (including phenoxy) is 1. The molecule has 0 N–H and O–H groups in total. The Morgan fingerprint density at radius 1 is 0.900 bits per heavy atom. The summed E-state index contributed by atoms with van der Waals surface area (Å²) in [5.74, 6) is 0.587. The molecule has 0 unspecified atom stereocenters. The van der Waals surface area contributed by atoms with Gasteiger partial charge in [-0.1, -0.05) is 29.8 Å². The van der Waals surface area contributed by atoms with Gasteiger partial charge in [-0.3, -0.25) is 9.36 Å². The van der Waals surface area contributed by atoms with E-state index < -0.39 is 10.0 Å². The van der Waals surface area contributed by atoms with Gasteiger partial charge in [0.1, 0.15) is 5.75 Å². The number of aryl methyl sites for hydroxylation is 1. The third-order valence-electron chi connectivity index (χ3n) is 5.77. The highest BCUT2D eigenvalue weighted by Crippen LogP contribution is 2.33. The molecule has 0 fully saturated rings. The molecule has 7 heteroatoms. The maximum absolute atomic E-state index is 13.2. The molecule has 6 nitrogen and oxygen atoms in total. The summed E-state index contributed by atoms with van der Waals surface area (Å²) in [7, 11) is -2.10. The first kappa shape index (κ1) is 20.4. The first-order valence-electron chi connectivity index (χ1n) is 9.70. The normalized spacial score (nSPS) is 14.0. The van der Waals surface area contributed by atoms with E-state index in [2.05, 4.69) is 0 Å². The third-order valence-corrected chi connectivity index (χ3v) is 7.57. The lowest BCUT2D eigenvalue weighted by Crippen LogP contribution is -2.26. The van der Waals surface area contributed by atoms with Crippen molar-refractivity contribution in [3.8, 4) is 11.4 Å². The van der Waals surface area contributed by atoms with E-state index in [1.54, 1.807) is 48.9 Å². The Morgan fingerprint density at radius 3 is 2.20 bits per heavy atom. The van der Waals surface area contributed by atoms with Crippen molar-refractivity contribution in [3.63, 3.8) is 0 Å². The van der Waals surface area contributed by atoms with Crippen LogP contribution in [-0.2, 0) is 23.1 Å². The molecule has 2 aromatic carbocycles. The predicted molar refractivity (Wildman–Crippen MR) is 116 cm³/mol. The predicted octanol–water partition coefficient (Wildman–Crippen LogP) is 3.48. The molecule has 0 radical (unpaired) electrons. The smallest absolute Gasteiger partial charge is 0.258 e. The van der Waals surface area contributed by atoms with Crippen LogP contribution >= 0.6 is 0 Å². The Kier molecular flexibility index (Phi) is 5.03. The Bertz CT molecular complexity index is 1290. The second kappa shape index (κ2) is 7.41. The fourth-order valence-corrected chi connectivity index (χ4v) is 5.37. The van der Waals surface area contributed by atoms with Gasteiger partial charge in [0.05, 0.1) is 17.7 Å². The quantitative estimate of drug-likeness (QED) is 0.643. The average molecular weight is 425 g/mol. The van der Waals surface area contributed by atoms with E-state index >= 15 is 0 Å². The Morgan fingerprint density at radius 2 is 1.53 bits per heavy atom. The number of rotatable bonds is 4. The summed E-state index contributed by atoms with van der Waals surface area (Å²) in [4.78, 5) is 13.5. The molecule has 3 aromatic rings. The molecule has 0 bridgehead atoms. The Balaban J connectivity index is 1.83. The van der Waals surface area contributed by atoms with Crippen LogP contribution in [0.2, 0.25) is 0 Å². The van der Waals surface area contributed by atoms with Crippen molar-refractivity contribution in [2.75, 3.05) is 7.11 Å². The summed E-state index contributed by atoms with van der Waals surface area (Å²) in [6, 6.07) is 14.2. The van der Waals surface area contributed by atoms with E-state index in [0.717, 1.165) is 22.4 Å². The van der Waals surface area contributed by atoms with Gasteiger partial charge in [0.2, 0.25) is 10.0 Å². The fraction of sp³-hybridized carbons (Fsp3) is 0.261. The number of hydrogen-bond donors (Lipinski definition) is 0. The molecule has 4 rings (SSSR count). The van der Waals surface area contributed by atoms with Crippen LogP contribution < -0.4 is 10.3 Å².